The van der Waals surface area contributed by atoms with Crippen LogP contribution in [0.1, 0.15) is 12.8 Å². The Balaban J connectivity index is 2.00. The molecule has 0 aliphatic heterocycles. The van der Waals surface area contributed by atoms with Crippen molar-refractivity contribution in [3.05, 3.63) is 0 Å². The van der Waals surface area contributed by atoms with Gasteiger partial charge in [0, 0.05) is 6.04 Å². The monoisotopic (exact) mass is 231 g/mol. The Hall–Kier alpha value is -1.83. The molecule has 0 unspecified atom stereocenters. The third kappa shape index (κ3) is 5.81. The lowest BCUT2D eigenvalue weighted by molar-refractivity contribution is -0.144. The number of nitrogens with one attached hydrogen (secondary N) is 3. The average Bonchev–Trinajstić information content (AvgIpc) is 2.98. The van der Waals surface area contributed by atoms with Crippen LogP contribution in [0.25, 0.3) is 0 Å². The van der Waals surface area contributed by atoms with Crippen LogP contribution in [0.15, 0.2) is 0 Å². The zero-order valence-corrected chi connectivity index (χ0v) is 8.49. The SMILES string of the molecule is O=C(O)CONC(=O)NCC(=O)NC1CC1. The summed E-state index contributed by atoms with van der Waals surface area (Å²) in [6.07, 6.45) is 1.94. The quantitative estimate of drug-likeness (QED) is 0.418. The van der Waals surface area contributed by atoms with E-state index in [0.717, 1.165) is 12.8 Å². The molecule has 1 aliphatic carbocycles. The molecule has 0 aromatic rings. The van der Waals surface area contributed by atoms with Gasteiger partial charge < -0.3 is 15.7 Å². The smallest absolute Gasteiger partial charge is 0.339 e. The summed E-state index contributed by atoms with van der Waals surface area (Å²) in [6.45, 7) is -0.805. The summed E-state index contributed by atoms with van der Waals surface area (Å²) in [4.78, 5) is 36.3. The summed E-state index contributed by atoms with van der Waals surface area (Å²) in [5.41, 5.74) is 1.83. The maximum atomic E-state index is 11.1. The highest BCUT2D eigenvalue weighted by molar-refractivity contribution is 5.83. The second-order valence-electron chi connectivity index (χ2n) is 3.31. The van der Waals surface area contributed by atoms with Gasteiger partial charge in [0.1, 0.15) is 0 Å². The van der Waals surface area contributed by atoms with Crippen LogP contribution in [0.2, 0.25) is 0 Å². The van der Waals surface area contributed by atoms with Crippen molar-refractivity contribution in [1.82, 2.24) is 16.1 Å². The molecule has 1 rings (SSSR count). The summed E-state index contributed by atoms with van der Waals surface area (Å²) in [6, 6.07) is -0.521. The van der Waals surface area contributed by atoms with Crippen LogP contribution in [0, 0.1) is 0 Å². The van der Waals surface area contributed by atoms with Crippen LogP contribution >= 0.6 is 0 Å². The first kappa shape index (κ1) is 12.2. The molecule has 0 radical (unpaired) electrons. The zero-order chi connectivity index (χ0) is 12.0. The van der Waals surface area contributed by atoms with Gasteiger partial charge in [0.25, 0.3) is 0 Å². The number of rotatable bonds is 6. The normalized spacial score (nSPS) is 14.0. The predicted octanol–water partition coefficient (Wildman–Crippen LogP) is -1.42. The summed E-state index contributed by atoms with van der Waals surface area (Å²) >= 11 is 0. The molecule has 16 heavy (non-hydrogen) atoms. The number of carboxylic acid groups (broad SMARTS) is 1. The van der Waals surface area contributed by atoms with E-state index in [4.69, 9.17) is 5.11 Å². The number of aliphatic carboxylic acids is 1. The molecular weight excluding hydrogens is 218 g/mol. The Morgan fingerprint density at radius 3 is 2.56 bits per heavy atom. The first-order valence-corrected chi connectivity index (χ1v) is 4.74. The summed E-state index contributed by atoms with van der Waals surface area (Å²) in [5.74, 6) is -1.48. The molecule has 3 amide bonds. The summed E-state index contributed by atoms with van der Waals surface area (Å²) < 4.78 is 0. The highest BCUT2D eigenvalue weighted by atomic mass is 16.7. The van der Waals surface area contributed by atoms with Gasteiger partial charge in [0.05, 0.1) is 6.54 Å². The van der Waals surface area contributed by atoms with Crippen molar-refractivity contribution < 1.29 is 24.3 Å². The first-order chi connectivity index (χ1) is 7.58. The van der Waals surface area contributed by atoms with Gasteiger partial charge in [-0.3, -0.25) is 9.63 Å². The van der Waals surface area contributed by atoms with Crippen molar-refractivity contribution in [2.75, 3.05) is 13.2 Å². The molecule has 90 valence electrons. The van der Waals surface area contributed by atoms with Crippen LogP contribution in [0.5, 0.6) is 0 Å². The van der Waals surface area contributed by atoms with Crippen LogP contribution in [0.4, 0.5) is 4.79 Å². The van der Waals surface area contributed by atoms with Gasteiger partial charge in [-0.05, 0) is 12.8 Å². The minimum absolute atomic E-state index is 0.168. The molecule has 1 fully saturated rings. The van der Waals surface area contributed by atoms with Crippen molar-refractivity contribution in [2.24, 2.45) is 0 Å². The fraction of sp³-hybridized carbons (Fsp3) is 0.625. The summed E-state index contributed by atoms with van der Waals surface area (Å²) in [7, 11) is 0. The molecule has 0 saturated heterocycles. The molecule has 0 aromatic carbocycles. The fourth-order valence-corrected chi connectivity index (χ4v) is 0.866. The van der Waals surface area contributed by atoms with Crippen molar-refractivity contribution in [3.63, 3.8) is 0 Å². The van der Waals surface area contributed by atoms with Crippen molar-refractivity contribution in [2.45, 2.75) is 18.9 Å². The molecule has 1 saturated carbocycles. The van der Waals surface area contributed by atoms with E-state index in [1.54, 1.807) is 0 Å². The Bertz CT molecular complexity index is 289. The average molecular weight is 231 g/mol. The highest BCUT2D eigenvalue weighted by Gasteiger charge is 2.23. The van der Waals surface area contributed by atoms with Gasteiger partial charge in [0.2, 0.25) is 5.91 Å². The fourth-order valence-electron chi connectivity index (χ4n) is 0.866. The highest BCUT2D eigenvalue weighted by Crippen LogP contribution is 2.17. The lowest BCUT2D eigenvalue weighted by Crippen LogP contribution is -2.42. The minimum Gasteiger partial charge on any atom is -0.479 e. The van der Waals surface area contributed by atoms with E-state index in [1.165, 1.54) is 0 Å². The number of carbonyl (C=O) groups is 3. The first-order valence-electron chi connectivity index (χ1n) is 4.74. The van der Waals surface area contributed by atoms with Gasteiger partial charge in [-0.25, -0.2) is 15.1 Å². The van der Waals surface area contributed by atoms with E-state index >= 15 is 0 Å². The van der Waals surface area contributed by atoms with Gasteiger partial charge in [0.15, 0.2) is 6.61 Å². The van der Waals surface area contributed by atoms with Gasteiger partial charge >= 0.3 is 12.0 Å². The van der Waals surface area contributed by atoms with Gasteiger partial charge in [-0.1, -0.05) is 0 Å². The number of hydrogen-bond acceptors (Lipinski definition) is 4. The molecule has 0 heterocycles. The third-order valence-corrected chi connectivity index (χ3v) is 1.71. The third-order valence-electron chi connectivity index (χ3n) is 1.71. The van der Waals surface area contributed by atoms with Crippen LogP contribution in [-0.2, 0) is 14.4 Å². The van der Waals surface area contributed by atoms with Crippen molar-refractivity contribution in [3.8, 4) is 0 Å². The number of carbonyl (C=O) groups excluding carboxylic acids is 2. The molecule has 1 aliphatic rings. The Morgan fingerprint density at radius 2 is 2.00 bits per heavy atom. The van der Waals surface area contributed by atoms with Crippen LogP contribution < -0.4 is 16.1 Å². The Morgan fingerprint density at radius 1 is 1.31 bits per heavy atom. The second kappa shape index (κ2) is 5.91. The van der Waals surface area contributed by atoms with E-state index in [0.29, 0.717) is 0 Å². The van der Waals surface area contributed by atoms with Crippen molar-refractivity contribution >= 4 is 17.9 Å². The maximum absolute atomic E-state index is 11.1. The van der Waals surface area contributed by atoms with E-state index in [9.17, 15) is 14.4 Å². The second-order valence-corrected chi connectivity index (χ2v) is 3.31. The maximum Gasteiger partial charge on any atom is 0.339 e. The molecule has 0 aromatic heterocycles. The van der Waals surface area contributed by atoms with E-state index in [1.807, 2.05) is 5.48 Å². The standard InChI is InChI=1S/C8H13N3O5/c12-6(10-5-1-2-5)3-9-8(15)11-16-4-7(13)14/h5H,1-4H2,(H,10,12)(H,13,14)(H2,9,11,15). The van der Waals surface area contributed by atoms with Gasteiger partial charge in [-0.15, -0.1) is 0 Å². The van der Waals surface area contributed by atoms with Crippen molar-refractivity contribution in [1.29, 1.82) is 0 Å². The largest absolute Gasteiger partial charge is 0.479 e. The summed E-state index contributed by atoms with van der Waals surface area (Å²) in [5, 5.41) is 13.1. The predicted molar refractivity (Wildman–Crippen MR) is 51.3 cm³/mol. The number of carboxylic acids is 1. The molecule has 0 spiro atoms. The van der Waals surface area contributed by atoms with E-state index in [2.05, 4.69) is 15.5 Å². The zero-order valence-electron chi connectivity index (χ0n) is 8.49. The molecular formula is C8H13N3O5. The number of urea groups is 1. The number of hydroxylamine groups is 1. The topological polar surface area (TPSA) is 117 Å². The van der Waals surface area contributed by atoms with E-state index < -0.39 is 18.6 Å². The van der Waals surface area contributed by atoms with Crippen LogP contribution in [0.3, 0.4) is 0 Å². The molecule has 0 bridgehead atoms. The molecule has 8 heteroatoms. The molecule has 8 nitrogen and oxygen atoms in total. The Kier molecular flexibility index (Phi) is 4.52. The number of hydrogen-bond donors (Lipinski definition) is 4. The molecule has 4 N–H and O–H groups in total. The number of amides is 3. The van der Waals surface area contributed by atoms with Crippen LogP contribution in [-0.4, -0.2) is 42.2 Å². The molecule has 0 atom stereocenters. The van der Waals surface area contributed by atoms with E-state index in [-0.39, 0.29) is 18.5 Å². The minimum atomic E-state index is -1.20. The Labute approximate surface area is 91.3 Å². The lowest BCUT2D eigenvalue weighted by atomic mass is 10.5. The lowest BCUT2D eigenvalue weighted by Gasteiger charge is -2.06. The van der Waals surface area contributed by atoms with Gasteiger partial charge in [-0.2, -0.15) is 0 Å².